The van der Waals surface area contributed by atoms with Crippen molar-refractivity contribution in [1.29, 1.82) is 0 Å². The van der Waals surface area contributed by atoms with Gasteiger partial charge in [0.2, 0.25) is 0 Å². The number of para-hydroxylation sites is 2. The zero-order valence-electron chi connectivity index (χ0n) is 14.7. The fourth-order valence-electron chi connectivity index (χ4n) is 3.50. The molecule has 27 heavy (non-hydrogen) atoms. The molecule has 1 heterocycles. The van der Waals surface area contributed by atoms with Crippen LogP contribution in [0, 0.1) is 0 Å². The van der Waals surface area contributed by atoms with Gasteiger partial charge in [-0.25, -0.2) is 0 Å². The number of rotatable bonds is 3. The number of hydrogen-bond donors (Lipinski definition) is 0. The summed E-state index contributed by atoms with van der Waals surface area (Å²) >= 11 is 0. The van der Waals surface area contributed by atoms with Crippen molar-refractivity contribution in [3.63, 3.8) is 0 Å². The lowest BCUT2D eigenvalue weighted by Crippen LogP contribution is -2.11. The van der Waals surface area contributed by atoms with Crippen LogP contribution in [0.4, 0.5) is 17.1 Å². The first-order chi connectivity index (χ1) is 13.3. The van der Waals surface area contributed by atoms with Gasteiger partial charge in [-0.3, -0.25) is 0 Å². The third kappa shape index (κ3) is 2.78. The molecule has 4 aromatic carbocycles. The second kappa shape index (κ2) is 6.37. The van der Waals surface area contributed by atoms with Crippen LogP contribution in [0.1, 0.15) is 0 Å². The molecule has 3 heteroatoms. The summed E-state index contributed by atoms with van der Waals surface area (Å²) < 4.78 is 5.98. The highest BCUT2D eigenvalue weighted by atomic mass is 16.3. The van der Waals surface area contributed by atoms with E-state index in [1.165, 1.54) is 0 Å². The molecule has 126 valence electrons. The molecule has 0 saturated heterocycles. The third-order valence-electron chi connectivity index (χ3n) is 4.78. The summed E-state index contributed by atoms with van der Waals surface area (Å²) in [5.41, 5.74) is 5.78. The predicted molar refractivity (Wildman–Crippen MR) is 114 cm³/mol. The van der Waals surface area contributed by atoms with Crippen molar-refractivity contribution in [2.45, 2.75) is 0 Å². The molecule has 0 aliphatic rings. The average molecular weight is 345 g/mol. The molecule has 5 rings (SSSR count). The van der Waals surface area contributed by atoms with E-state index in [1.807, 2.05) is 66.7 Å². The zero-order valence-corrected chi connectivity index (χ0v) is 14.7. The highest BCUT2D eigenvalue weighted by molar-refractivity contribution is 6.32. The van der Waals surface area contributed by atoms with Crippen LogP contribution in [0.5, 0.6) is 0 Å². The Kier molecular flexibility index (Phi) is 3.72. The highest BCUT2D eigenvalue weighted by Crippen LogP contribution is 2.38. The lowest BCUT2D eigenvalue weighted by atomic mass is 9.96. The standard InChI is InChI=1S/C24H16BNO/c25-17-10-12-19(13-11-17)26(18-6-2-1-3-7-18)20-14-15-24-22(16-20)21-8-4-5-9-23(21)27-24/h1-16H. The maximum absolute atomic E-state index is 5.98. The monoisotopic (exact) mass is 345 g/mol. The van der Waals surface area contributed by atoms with Gasteiger partial charge in [0.15, 0.2) is 0 Å². The van der Waals surface area contributed by atoms with Crippen molar-refractivity contribution in [3.05, 3.63) is 97.1 Å². The van der Waals surface area contributed by atoms with Gasteiger partial charge in [-0.2, -0.15) is 0 Å². The second-order valence-corrected chi connectivity index (χ2v) is 6.54. The van der Waals surface area contributed by atoms with Crippen molar-refractivity contribution >= 4 is 52.3 Å². The average Bonchev–Trinajstić information content (AvgIpc) is 3.09. The maximum Gasteiger partial charge on any atom is 0.135 e. The molecule has 0 bridgehead atoms. The Morgan fingerprint density at radius 2 is 1.19 bits per heavy atom. The number of benzene rings is 4. The van der Waals surface area contributed by atoms with Crippen LogP contribution in [-0.2, 0) is 0 Å². The fraction of sp³-hybridized carbons (Fsp3) is 0. The van der Waals surface area contributed by atoms with Gasteiger partial charge in [0.25, 0.3) is 0 Å². The van der Waals surface area contributed by atoms with Gasteiger partial charge in [0.05, 0.1) is 0 Å². The molecule has 0 amide bonds. The summed E-state index contributed by atoms with van der Waals surface area (Å²) in [4.78, 5) is 2.22. The van der Waals surface area contributed by atoms with Gasteiger partial charge in [-0.15, -0.1) is 0 Å². The first-order valence-corrected chi connectivity index (χ1v) is 8.92. The van der Waals surface area contributed by atoms with E-state index in [0.717, 1.165) is 44.5 Å². The fourth-order valence-corrected chi connectivity index (χ4v) is 3.50. The summed E-state index contributed by atoms with van der Waals surface area (Å²) in [5.74, 6) is 0. The van der Waals surface area contributed by atoms with Crippen LogP contribution in [-0.4, -0.2) is 7.85 Å². The second-order valence-electron chi connectivity index (χ2n) is 6.54. The van der Waals surface area contributed by atoms with Crippen LogP contribution in [0.2, 0.25) is 0 Å². The van der Waals surface area contributed by atoms with E-state index < -0.39 is 0 Å². The number of hydrogen-bond acceptors (Lipinski definition) is 2. The Labute approximate surface area is 159 Å². The molecule has 2 nitrogen and oxygen atoms in total. The van der Waals surface area contributed by atoms with Gasteiger partial charge in [-0.05, 0) is 48.5 Å². The van der Waals surface area contributed by atoms with Crippen LogP contribution in [0.25, 0.3) is 21.9 Å². The van der Waals surface area contributed by atoms with E-state index >= 15 is 0 Å². The van der Waals surface area contributed by atoms with Crippen LogP contribution < -0.4 is 10.4 Å². The van der Waals surface area contributed by atoms with Gasteiger partial charge in [-0.1, -0.05) is 54.0 Å². The predicted octanol–water partition coefficient (Wildman–Crippen LogP) is 5.85. The number of nitrogens with zero attached hydrogens (tertiary/aromatic N) is 1. The van der Waals surface area contributed by atoms with Crippen molar-refractivity contribution in [2.75, 3.05) is 4.90 Å². The minimum absolute atomic E-state index is 0.753. The van der Waals surface area contributed by atoms with Crippen molar-refractivity contribution in [3.8, 4) is 0 Å². The third-order valence-corrected chi connectivity index (χ3v) is 4.78. The van der Waals surface area contributed by atoms with E-state index in [9.17, 15) is 0 Å². The number of fused-ring (bicyclic) bond motifs is 3. The molecule has 0 aliphatic heterocycles. The van der Waals surface area contributed by atoms with Crippen molar-refractivity contribution in [2.24, 2.45) is 0 Å². The molecule has 2 radical (unpaired) electrons. The Bertz CT molecular complexity index is 1230. The molecule has 0 saturated carbocycles. The lowest BCUT2D eigenvalue weighted by molar-refractivity contribution is 0.669. The van der Waals surface area contributed by atoms with Crippen molar-refractivity contribution < 1.29 is 4.42 Å². The molecule has 1 aromatic heterocycles. The zero-order chi connectivity index (χ0) is 18.2. The maximum atomic E-state index is 5.98. The van der Waals surface area contributed by atoms with Crippen LogP contribution in [0.3, 0.4) is 0 Å². The van der Waals surface area contributed by atoms with Gasteiger partial charge in [0, 0.05) is 27.8 Å². The highest BCUT2D eigenvalue weighted by Gasteiger charge is 2.14. The van der Waals surface area contributed by atoms with E-state index in [4.69, 9.17) is 12.3 Å². The van der Waals surface area contributed by atoms with E-state index in [1.54, 1.807) is 0 Å². The minimum atomic E-state index is 0.753. The molecule has 0 aliphatic carbocycles. The number of anilines is 3. The summed E-state index contributed by atoms with van der Waals surface area (Å²) in [7, 11) is 5.90. The quantitative estimate of drug-likeness (QED) is 0.381. The molecule has 0 fully saturated rings. The summed E-state index contributed by atoms with van der Waals surface area (Å²) in [5, 5.41) is 2.24. The smallest absolute Gasteiger partial charge is 0.135 e. The van der Waals surface area contributed by atoms with Crippen molar-refractivity contribution in [1.82, 2.24) is 0 Å². The molecule has 0 N–H and O–H groups in total. The molecule has 0 spiro atoms. The Morgan fingerprint density at radius 3 is 2.00 bits per heavy atom. The van der Waals surface area contributed by atoms with Gasteiger partial charge < -0.3 is 9.32 Å². The lowest BCUT2D eigenvalue weighted by Gasteiger charge is -2.25. The largest absolute Gasteiger partial charge is 0.456 e. The normalized spacial score (nSPS) is 11.1. The van der Waals surface area contributed by atoms with Crippen LogP contribution >= 0.6 is 0 Å². The molecular weight excluding hydrogens is 329 g/mol. The molecule has 5 aromatic rings. The van der Waals surface area contributed by atoms with E-state index in [0.29, 0.717) is 0 Å². The van der Waals surface area contributed by atoms with E-state index in [-0.39, 0.29) is 0 Å². The topological polar surface area (TPSA) is 16.4 Å². The first kappa shape index (κ1) is 15.8. The van der Waals surface area contributed by atoms with E-state index in [2.05, 4.69) is 35.2 Å². The van der Waals surface area contributed by atoms with Crippen LogP contribution in [0.15, 0.2) is 101 Å². The summed E-state index contributed by atoms with van der Waals surface area (Å²) in [6.07, 6.45) is 0. The van der Waals surface area contributed by atoms with Gasteiger partial charge in [0.1, 0.15) is 19.0 Å². The Morgan fingerprint density at radius 1 is 0.556 bits per heavy atom. The Balaban J connectivity index is 1.73. The Hall–Kier alpha value is -3.46. The number of furan rings is 1. The summed E-state index contributed by atoms with van der Waals surface area (Å²) in [6.45, 7) is 0. The molecular formula is C24H16BNO. The first-order valence-electron chi connectivity index (χ1n) is 8.92. The molecule has 0 unspecified atom stereocenters. The minimum Gasteiger partial charge on any atom is -0.456 e. The van der Waals surface area contributed by atoms with Gasteiger partial charge >= 0.3 is 0 Å². The SMILES string of the molecule is [B]c1ccc(N(c2ccccc2)c2ccc3oc4ccccc4c3c2)cc1. The summed E-state index contributed by atoms with van der Waals surface area (Å²) in [6, 6.07) is 32.7. The molecule has 0 atom stereocenters.